The molecule has 0 heterocycles. The molecule has 0 fully saturated rings. The molecule has 0 aromatic heterocycles. The molecule has 0 bridgehead atoms. The second kappa shape index (κ2) is 20.0. The Labute approximate surface area is 148 Å². The molecule has 0 rings (SSSR count). The van der Waals surface area contributed by atoms with Crippen LogP contribution in [0.4, 0.5) is 0 Å². The summed E-state index contributed by atoms with van der Waals surface area (Å²) in [6.07, 6.45) is 4.70. The second-order valence-corrected chi connectivity index (χ2v) is 5.37. The summed E-state index contributed by atoms with van der Waals surface area (Å²) in [6.45, 7) is 3.70. The lowest BCUT2D eigenvalue weighted by atomic mass is 10.2. The van der Waals surface area contributed by atoms with Crippen LogP contribution in [0.5, 0.6) is 0 Å². The van der Waals surface area contributed by atoms with Gasteiger partial charge in [-0.1, -0.05) is 18.0 Å². The zero-order valence-electron chi connectivity index (χ0n) is 14.3. The Morgan fingerprint density at radius 1 is 0.958 bits per heavy atom. The molecule has 0 aromatic rings. The Kier molecular flexibility index (Phi) is 19.1. The number of hydrogen-bond donors (Lipinski definition) is 1. The van der Waals surface area contributed by atoms with Crippen LogP contribution in [0.15, 0.2) is 5.11 Å². The summed E-state index contributed by atoms with van der Waals surface area (Å²) in [5.41, 5.74) is 8.07. The van der Waals surface area contributed by atoms with Gasteiger partial charge in [-0.05, 0) is 18.4 Å². The van der Waals surface area contributed by atoms with E-state index in [-0.39, 0.29) is 18.9 Å². The number of nitrogens with one attached hydrogen (secondary N) is 1. The maximum Gasteiger partial charge on any atom is 0.222 e. The zero-order valence-corrected chi connectivity index (χ0v) is 15.0. The lowest BCUT2D eigenvalue weighted by Crippen LogP contribution is -2.28. The topological polar surface area (TPSA) is 106 Å². The highest BCUT2D eigenvalue weighted by Gasteiger charge is 2.00. The third-order valence-corrected chi connectivity index (χ3v) is 3.25. The van der Waals surface area contributed by atoms with E-state index in [2.05, 4.69) is 15.3 Å². The number of carbonyl (C=O) groups is 1. The SMILES string of the molecule is [N-]=[N+]=NCCOCCC(=O)NCCOCCOCCCCCCCl. The number of hydrogen-bond acceptors (Lipinski definition) is 5. The van der Waals surface area contributed by atoms with Gasteiger partial charge in [0, 0.05) is 36.9 Å². The van der Waals surface area contributed by atoms with Gasteiger partial charge in [0.25, 0.3) is 0 Å². The fraction of sp³-hybridized carbons (Fsp3) is 0.933. The largest absolute Gasteiger partial charge is 0.381 e. The van der Waals surface area contributed by atoms with Crippen molar-refractivity contribution in [1.82, 2.24) is 5.32 Å². The summed E-state index contributed by atoms with van der Waals surface area (Å²) in [5, 5.41) is 6.06. The molecule has 0 unspecified atom stereocenters. The number of nitrogens with zero attached hydrogens (tertiary/aromatic N) is 3. The Morgan fingerprint density at radius 2 is 1.67 bits per heavy atom. The predicted octanol–water partition coefficient (Wildman–Crippen LogP) is 2.65. The lowest BCUT2D eigenvalue weighted by molar-refractivity contribution is -0.122. The Hall–Kier alpha value is -1.05. The van der Waals surface area contributed by atoms with E-state index in [4.69, 9.17) is 31.3 Å². The smallest absolute Gasteiger partial charge is 0.222 e. The van der Waals surface area contributed by atoms with Gasteiger partial charge in [-0.2, -0.15) is 0 Å². The Balaban J connectivity index is 3.15. The van der Waals surface area contributed by atoms with Crippen LogP contribution in [-0.4, -0.2) is 64.5 Å². The molecular formula is C15H29ClN4O4. The first-order chi connectivity index (χ1) is 11.8. The van der Waals surface area contributed by atoms with E-state index in [0.29, 0.717) is 39.6 Å². The first kappa shape index (κ1) is 22.9. The number of azide groups is 1. The number of ether oxygens (including phenoxy) is 3. The number of amides is 1. The van der Waals surface area contributed by atoms with Crippen LogP contribution < -0.4 is 5.32 Å². The van der Waals surface area contributed by atoms with Gasteiger partial charge in [-0.25, -0.2) is 0 Å². The number of carbonyl (C=O) groups excluding carboxylic acids is 1. The van der Waals surface area contributed by atoms with E-state index < -0.39 is 0 Å². The maximum atomic E-state index is 11.5. The molecule has 8 nitrogen and oxygen atoms in total. The fourth-order valence-corrected chi connectivity index (χ4v) is 1.93. The number of alkyl halides is 1. The van der Waals surface area contributed by atoms with Gasteiger partial charge in [0.2, 0.25) is 5.91 Å². The fourth-order valence-electron chi connectivity index (χ4n) is 1.74. The van der Waals surface area contributed by atoms with Gasteiger partial charge in [0.1, 0.15) is 0 Å². The van der Waals surface area contributed by atoms with Crippen LogP contribution >= 0.6 is 11.6 Å². The molecule has 0 aliphatic heterocycles. The minimum Gasteiger partial charge on any atom is -0.381 e. The van der Waals surface area contributed by atoms with Crippen LogP contribution in [0.25, 0.3) is 10.4 Å². The molecule has 0 spiro atoms. The maximum absolute atomic E-state index is 11.5. The highest BCUT2D eigenvalue weighted by molar-refractivity contribution is 6.17. The van der Waals surface area contributed by atoms with Crippen molar-refractivity contribution in [2.75, 3.05) is 58.6 Å². The standard InChI is InChI=1S/C15H29ClN4O4/c16-6-3-1-2-4-9-22-13-14-24-11-7-18-15(21)5-10-23-12-8-19-20-17/h1-14H2,(H,18,21). The molecule has 0 saturated carbocycles. The van der Waals surface area contributed by atoms with Crippen LogP contribution in [0.2, 0.25) is 0 Å². The molecule has 140 valence electrons. The van der Waals surface area contributed by atoms with Gasteiger partial charge in [-0.3, -0.25) is 4.79 Å². The Bertz CT molecular complexity index is 341. The third-order valence-electron chi connectivity index (χ3n) is 2.99. The van der Waals surface area contributed by atoms with Crippen molar-refractivity contribution in [3.63, 3.8) is 0 Å². The molecule has 24 heavy (non-hydrogen) atoms. The molecule has 1 N–H and O–H groups in total. The zero-order chi connectivity index (χ0) is 17.7. The summed E-state index contributed by atoms with van der Waals surface area (Å²) in [5.74, 6) is 0.644. The monoisotopic (exact) mass is 364 g/mol. The average Bonchev–Trinajstić information content (AvgIpc) is 2.59. The van der Waals surface area contributed by atoms with E-state index >= 15 is 0 Å². The summed E-state index contributed by atoms with van der Waals surface area (Å²) in [7, 11) is 0. The minimum absolute atomic E-state index is 0.0874. The van der Waals surface area contributed by atoms with Gasteiger partial charge >= 0.3 is 0 Å². The molecule has 0 atom stereocenters. The summed E-state index contributed by atoms with van der Waals surface area (Å²) in [6, 6.07) is 0. The first-order valence-corrected chi connectivity index (χ1v) is 8.91. The van der Waals surface area contributed by atoms with Crippen molar-refractivity contribution in [2.24, 2.45) is 5.11 Å². The lowest BCUT2D eigenvalue weighted by Gasteiger charge is -2.07. The van der Waals surface area contributed by atoms with Crippen LogP contribution in [0.3, 0.4) is 0 Å². The third kappa shape index (κ3) is 19.0. The van der Waals surface area contributed by atoms with Crippen molar-refractivity contribution in [2.45, 2.75) is 32.1 Å². The molecule has 0 aromatic carbocycles. The van der Waals surface area contributed by atoms with E-state index in [1.807, 2.05) is 0 Å². The van der Waals surface area contributed by atoms with E-state index in [1.165, 1.54) is 0 Å². The molecular weight excluding hydrogens is 336 g/mol. The molecule has 0 aliphatic rings. The van der Waals surface area contributed by atoms with E-state index in [9.17, 15) is 4.79 Å². The van der Waals surface area contributed by atoms with Gasteiger partial charge < -0.3 is 19.5 Å². The minimum atomic E-state index is -0.0874. The number of unbranched alkanes of at least 4 members (excludes halogenated alkanes) is 3. The Morgan fingerprint density at radius 3 is 2.42 bits per heavy atom. The van der Waals surface area contributed by atoms with Crippen molar-refractivity contribution < 1.29 is 19.0 Å². The van der Waals surface area contributed by atoms with E-state index in [0.717, 1.165) is 38.2 Å². The van der Waals surface area contributed by atoms with Gasteiger partial charge in [0.15, 0.2) is 0 Å². The number of halogens is 1. The molecule has 9 heteroatoms. The number of rotatable bonds is 18. The predicted molar refractivity (Wildman–Crippen MR) is 93.3 cm³/mol. The molecule has 0 aliphatic carbocycles. The van der Waals surface area contributed by atoms with E-state index in [1.54, 1.807) is 0 Å². The normalized spacial score (nSPS) is 10.4. The van der Waals surface area contributed by atoms with Gasteiger partial charge in [0.05, 0.1) is 33.0 Å². The second-order valence-electron chi connectivity index (χ2n) is 4.99. The molecule has 0 saturated heterocycles. The van der Waals surface area contributed by atoms with Crippen LogP contribution in [-0.2, 0) is 19.0 Å². The van der Waals surface area contributed by atoms with Crippen molar-refractivity contribution in [3.8, 4) is 0 Å². The molecule has 1 amide bonds. The summed E-state index contributed by atoms with van der Waals surface area (Å²) in [4.78, 5) is 14.1. The van der Waals surface area contributed by atoms with Crippen molar-refractivity contribution in [1.29, 1.82) is 0 Å². The van der Waals surface area contributed by atoms with Crippen LogP contribution in [0, 0.1) is 0 Å². The molecule has 0 radical (unpaired) electrons. The quantitative estimate of drug-likeness (QED) is 0.133. The first-order valence-electron chi connectivity index (χ1n) is 8.38. The highest BCUT2D eigenvalue weighted by atomic mass is 35.5. The van der Waals surface area contributed by atoms with Crippen molar-refractivity contribution in [3.05, 3.63) is 10.4 Å². The highest BCUT2D eigenvalue weighted by Crippen LogP contribution is 2.00. The van der Waals surface area contributed by atoms with Crippen LogP contribution in [0.1, 0.15) is 32.1 Å². The summed E-state index contributed by atoms with van der Waals surface area (Å²) >= 11 is 5.60. The summed E-state index contributed by atoms with van der Waals surface area (Å²) < 4.78 is 15.9. The van der Waals surface area contributed by atoms with Crippen molar-refractivity contribution >= 4 is 17.5 Å². The van der Waals surface area contributed by atoms with Gasteiger partial charge in [-0.15, -0.1) is 11.6 Å². The average molecular weight is 365 g/mol.